The van der Waals surface area contributed by atoms with Gasteiger partial charge in [-0.2, -0.15) is 0 Å². The van der Waals surface area contributed by atoms with E-state index in [0.29, 0.717) is 17.6 Å². The van der Waals surface area contributed by atoms with Crippen molar-refractivity contribution >= 4 is 5.78 Å². The fourth-order valence-corrected chi connectivity index (χ4v) is 4.94. The Balaban J connectivity index is 1.64. The van der Waals surface area contributed by atoms with E-state index in [1.807, 2.05) is 12.1 Å². The monoisotopic (exact) mass is 230 g/mol. The van der Waals surface area contributed by atoms with Crippen molar-refractivity contribution in [1.29, 1.82) is 0 Å². The molecule has 90 valence electrons. The maximum Gasteiger partial charge on any atom is 0.201 e. The molecule has 4 aliphatic rings. The first-order valence-electron chi connectivity index (χ1n) is 6.89. The van der Waals surface area contributed by atoms with Gasteiger partial charge in [-0.25, -0.2) is 0 Å². The van der Waals surface area contributed by atoms with Crippen LogP contribution in [0.15, 0.2) is 22.8 Å². The minimum absolute atomic E-state index is 0.272. The Morgan fingerprint density at radius 2 is 1.71 bits per heavy atom. The number of furan rings is 1. The minimum atomic E-state index is 0.272. The van der Waals surface area contributed by atoms with Crippen LogP contribution in [0, 0.1) is 29.6 Å². The summed E-state index contributed by atoms with van der Waals surface area (Å²) in [5.41, 5.74) is 0. The van der Waals surface area contributed by atoms with Crippen molar-refractivity contribution in [1.82, 2.24) is 0 Å². The van der Waals surface area contributed by atoms with Gasteiger partial charge in [-0.05, 0) is 67.9 Å². The second kappa shape index (κ2) is 3.47. The lowest BCUT2D eigenvalue weighted by molar-refractivity contribution is -0.0260. The van der Waals surface area contributed by atoms with E-state index in [1.54, 1.807) is 6.26 Å². The van der Waals surface area contributed by atoms with Crippen molar-refractivity contribution in [2.75, 3.05) is 0 Å². The SMILES string of the molecule is O=C(c1ccco1)C1C2CC3CC(C2)CC1C3. The molecule has 17 heavy (non-hydrogen) atoms. The van der Waals surface area contributed by atoms with Gasteiger partial charge in [0.2, 0.25) is 5.78 Å². The molecule has 0 atom stereocenters. The number of carbonyl (C=O) groups excluding carboxylic acids is 1. The summed E-state index contributed by atoms with van der Waals surface area (Å²) in [5, 5.41) is 0. The minimum Gasteiger partial charge on any atom is -0.461 e. The number of carbonyl (C=O) groups is 1. The second-order valence-electron chi connectivity index (χ2n) is 6.30. The Labute approximate surface area is 101 Å². The number of rotatable bonds is 2. The van der Waals surface area contributed by atoms with E-state index in [9.17, 15) is 4.79 Å². The second-order valence-corrected chi connectivity index (χ2v) is 6.30. The molecule has 4 saturated carbocycles. The van der Waals surface area contributed by atoms with E-state index in [2.05, 4.69) is 0 Å². The molecule has 0 unspecified atom stereocenters. The fourth-order valence-electron chi connectivity index (χ4n) is 4.94. The fraction of sp³-hybridized carbons (Fsp3) is 0.667. The van der Waals surface area contributed by atoms with Crippen LogP contribution in [0.1, 0.15) is 42.7 Å². The first kappa shape index (κ1) is 9.93. The standard InChI is InChI=1S/C15H18O2/c16-15(13-2-1-3-17-13)14-11-5-9-4-10(7-11)8-12(14)6-9/h1-3,9-12,14H,4-8H2. The van der Waals surface area contributed by atoms with Crippen LogP contribution in [0.25, 0.3) is 0 Å². The highest BCUT2D eigenvalue weighted by Gasteiger charge is 2.51. The van der Waals surface area contributed by atoms with Crippen molar-refractivity contribution in [3.63, 3.8) is 0 Å². The third kappa shape index (κ3) is 1.42. The Kier molecular flexibility index (Phi) is 2.03. The summed E-state index contributed by atoms with van der Waals surface area (Å²) in [6.07, 6.45) is 8.24. The molecule has 5 rings (SSSR count). The number of hydrogen-bond donors (Lipinski definition) is 0. The topological polar surface area (TPSA) is 30.2 Å². The van der Waals surface area contributed by atoms with E-state index in [0.717, 1.165) is 11.8 Å². The molecule has 0 saturated heterocycles. The molecule has 1 aromatic rings. The zero-order valence-electron chi connectivity index (χ0n) is 9.97. The molecule has 4 aliphatic carbocycles. The summed E-state index contributed by atoms with van der Waals surface area (Å²) < 4.78 is 5.30. The summed E-state index contributed by atoms with van der Waals surface area (Å²) >= 11 is 0. The highest BCUT2D eigenvalue weighted by atomic mass is 16.3. The van der Waals surface area contributed by atoms with Gasteiger partial charge in [0.15, 0.2) is 5.76 Å². The molecule has 0 amide bonds. The average molecular weight is 230 g/mol. The van der Waals surface area contributed by atoms with E-state index < -0.39 is 0 Å². The van der Waals surface area contributed by atoms with E-state index >= 15 is 0 Å². The first-order valence-corrected chi connectivity index (χ1v) is 6.89. The summed E-state index contributed by atoms with van der Waals surface area (Å²) in [4.78, 5) is 12.5. The molecule has 1 heterocycles. The molecule has 4 bridgehead atoms. The predicted octanol–water partition coefficient (Wildman–Crippen LogP) is 3.53. The van der Waals surface area contributed by atoms with Gasteiger partial charge in [0.25, 0.3) is 0 Å². The van der Waals surface area contributed by atoms with Gasteiger partial charge in [-0.3, -0.25) is 4.79 Å². The molecule has 0 spiro atoms. The van der Waals surface area contributed by atoms with Crippen LogP contribution in [0.3, 0.4) is 0 Å². The van der Waals surface area contributed by atoms with Crippen molar-refractivity contribution in [3.8, 4) is 0 Å². The molecule has 2 nitrogen and oxygen atoms in total. The third-order valence-corrected chi connectivity index (χ3v) is 5.29. The summed E-state index contributed by atoms with van der Waals surface area (Å²) in [7, 11) is 0. The molecule has 4 fully saturated rings. The van der Waals surface area contributed by atoms with Crippen LogP contribution < -0.4 is 0 Å². The third-order valence-electron chi connectivity index (χ3n) is 5.29. The Bertz CT molecular complexity index is 404. The smallest absolute Gasteiger partial charge is 0.201 e. The van der Waals surface area contributed by atoms with Gasteiger partial charge in [0, 0.05) is 5.92 Å². The molecule has 0 N–H and O–H groups in total. The number of Topliss-reactive ketones (excluding diaryl/α,β-unsaturated/α-hetero) is 1. The Hall–Kier alpha value is -1.05. The van der Waals surface area contributed by atoms with E-state index in [-0.39, 0.29) is 11.7 Å². The molecular weight excluding hydrogens is 212 g/mol. The lowest BCUT2D eigenvalue weighted by Crippen LogP contribution is -2.47. The van der Waals surface area contributed by atoms with Crippen molar-refractivity contribution in [3.05, 3.63) is 24.2 Å². The number of hydrogen-bond acceptors (Lipinski definition) is 2. The van der Waals surface area contributed by atoms with Crippen LogP contribution in [-0.2, 0) is 0 Å². The zero-order chi connectivity index (χ0) is 11.4. The van der Waals surface area contributed by atoms with Crippen LogP contribution in [0.4, 0.5) is 0 Å². The van der Waals surface area contributed by atoms with Gasteiger partial charge in [-0.1, -0.05) is 0 Å². The molecule has 0 aliphatic heterocycles. The van der Waals surface area contributed by atoms with Crippen molar-refractivity contribution < 1.29 is 9.21 Å². The average Bonchev–Trinajstić information content (AvgIpc) is 2.80. The molecule has 0 aromatic carbocycles. The van der Waals surface area contributed by atoms with Crippen molar-refractivity contribution in [2.45, 2.75) is 32.1 Å². The van der Waals surface area contributed by atoms with Gasteiger partial charge >= 0.3 is 0 Å². The zero-order valence-corrected chi connectivity index (χ0v) is 9.97. The molecule has 0 radical (unpaired) electrons. The van der Waals surface area contributed by atoms with Crippen LogP contribution >= 0.6 is 0 Å². The van der Waals surface area contributed by atoms with E-state index in [1.165, 1.54) is 32.1 Å². The maximum atomic E-state index is 12.5. The molecule has 1 aromatic heterocycles. The summed E-state index contributed by atoms with van der Waals surface area (Å²) in [6.45, 7) is 0. The Morgan fingerprint density at radius 3 is 2.24 bits per heavy atom. The first-order chi connectivity index (χ1) is 8.31. The largest absolute Gasteiger partial charge is 0.461 e. The predicted molar refractivity (Wildman–Crippen MR) is 63.6 cm³/mol. The summed E-state index contributed by atoms with van der Waals surface area (Å²) in [5.74, 6) is 4.31. The van der Waals surface area contributed by atoms with Gasteiger partial charge in [0.05, 0.1) is 6.26 Å². The maximum absolute atomic E-state index is 12.5. The van der Waals surface area contributed by atoms with Gasteiger partial charge in [0.1, 0.15) is 0 Å². The summed E-state index contributed by atoms with van der Waals surface area (Å²) in [6, 6.07) is 3.65. The van der Waals surface area contributed by atoms with Crippen LogP contribution in [-0.4, -0.2) is 5.78 Å². The van der Waals surface area contributed by atoms with Gasteiger partial charge < -0.3 is 4.42 Å². The molecular formula is C15H18O2. The van der Waals surface area contributed by atoms with E-state index in [4.69, 9.17) is 4.42 Å². The van der Waals surface area contributed by atoms with Gasteiger partial charge in [-0.15, -0.1) is 0 Å². The number of ketones is 1. The quantitative estimate of drug-likeness (QED) is 0.727. The van der Waals surface area contributed by atoms with Crippen molar-refractivity contribution in [2.24, 2.45) is 29.6 Å². The highest BCUT2D eigenvalue weighted by Crippen LogP contribution is 2.57. The Morgan fingerprint density at radius 1 is 1.06 bits per heavy atom. The van der Waals surface area contributed by atoms with Crippen LogP contribution in [0.5, 0.6) is 0 Å². The normalized spacial score (nSPS) is 42.9. The lowest BCUT2D eigenvalue weighted by Gasteiger charge is -2.53. The molecule has 2 heteroatoms. The lowest BCUT2D eigenvalue weighted by atomic mass is 9.51. The highest BCUT2D eigenvalue weighted by molar-refractivity contribution is 5.95. The van der Waals surface area contributed by atoms with Crippen LogP contribution in [0.2, 0.25) is 0 Å².